The fraction of sp³-hybridized carbons (Fsp3) is 1.00. The van der Waals surface area contributed by atoms with Gasteiger partial charge in [-0.15, -0.1) is 0 Å². The van der Waals surface area contributed by atoms with Gasteiger partial charge in [-0.3, -0.25) is 4.90 Å². The molecular formula is C10H18N2. The van der Waals surface area contributed by atoms with Crippen LogP contribution in [0.3, 0.4) is 0 Å². The second kappa shape index (κ2) is 2.71. The van der Waals surface area contributed by atoms with Gasteiger partial charge in [-0.2, -0.15) is 0 Å². The summed E-state index contributed by atoms with van der Waals surface area (Å²) < 4.78 is 0. The fourth-order valence-electron chi connectivity index (χ4n) is 2.28. The number of nitrogens with zero attached hydrogens (tertiary/aromatic N) is 1. The third-order valence-electron chi connectivity index (χ3n) is 3.33. The molecule has 0 aromatic carbocycles. The molecular weight excluding hydrogens is 148 g/mol. The van der Waals surface area contributed by atoms with E-state index in [-0.39, 0.29) is 0 Å². The van der Waals surface area contributed by atoms with Crippen molar-refractivity contribution < 1.29 is 0 Å². The van der Waals surface area contributed by atoms with E-state index in [1.54, 1.807) is 0 Å². The minimum absolute atomic E-state index is 0.832. The second-order valence-electron chi connectivity index (χ2n) is 4.65. The Morgan fingerprint density at radius 3 is 2.42 bits per heavy atom. The van der Waals surface area contributed by atoms with Crippen LogP contribution < -0.4 is 5.32 Å². The third kappa shape index (κ3) is 1.50. The third-order valence-corrected chi connectivity index (χ3v) is 3.33. The van der Waals surface area contributed by atoms with Crippen molar-refractivity contribution >= 4 is 0 Å². The maximum Gasteiger partial charge on any atom is 0.0209 e. The number of rotatable bonds is 3. The van der Waals surface area contributed by atoms with Crippen LogP contribution in [0.4, 0.5) is 0 Å². The molecule has 0 amide bonds. The Balaban J connectivity index is 1.48. The Labute approximate surface area is 74.3 Å². The van der Waals surface area contributed by atoms with E-state index in [0.29, 0.717) is 0 Å². The van der Waals surface area contributed by atoms with E-state index in [2.05, 4.69) is 10.2 Å². The number of hydrogen-bond donors (Lipinski definition) is 1. The van der Waals surface area contributed by atoms with Gasteiger partial charge < -0.3 is 5.32 Å². The van der Waals surface area contributed by atoms with Gasteiger partial charge in [0, 0.05) is 31.2 Å². The van der Waals surface area contributed by atoms with E-state index in [0.717, 1.165) is 18.1 Å². The van der Waals surface area contributed by atoms with E-state index in [1.807, 2.05) is 0 Å². The molecule has 2 heteroatoms. The van der Waals surface area contributed by atoms with Crippen molar-refractivity contribution in [3.8, 4) is 0 Å². The Morgan fingerprint density at radius 2 is 1.75 bits per heavy atom. The lowest BCUT2D eigenvalue weighted by atomic mass is 10.2. The molecule has 1 N–H and O–H groups in total. The van der Waals surface area contributed by atoms with E-state index in [9.17, 15) is 0 Å². The summed E-state index contributed by atoms with van der Waals surface area (Å²) in [5, 5.41) is 3.72. The van der Waals surface area contributed by atoms with Gasteiger partial charge >= 0.3 is 0 Å². The van der Waals surface area contributed by atoms with Crippen molar-refractivity contribution in [1.82, 2.24) is 10.2 Å². The average Bonchev–Trinajstić information content (AvgIpc) is 2.92. The topological polar surface area (TPSA) is 15.3 Å². The number of hydrogen-bond acceptors (Lipinski definition) is 2. The van der Waals surface area contributed by atoms with Crippen LogP contribution >= 0.6 is 0 Å². The van der Waals surface area contributed by atoms with Crippen molar-refractivity contribution in [2.75, 3.05) is 13.1 Å². The van der Waals surface area contributed by atoms with Crippen molar-refractivity contribution in [3.05, 3.63) is 0 Å². The first-order valence-electron chi connectivity index (χ1n) is 5.42. The highest BCUT2D eigenvalue weighted by Crippen LogP contribution is 2.30. The summed E-state index contributed by atoms with van der Waals surface area (Å²) in [6.07, 6.45) is 7.19. The molecule has 2 aliphatic carbocycles. The Morgan fingerprint density at radius 1 is 0.917 bits per heavy atom. The van der Waals surface area contributed by atoms with E-state index in [1.165, 1.54) is 45.2 Å². The van der Waals surface area contributed by atoms with Crippen molar-refractivity contribution in [1.29, 1.82) is 0 Å². The minimum Gasteiger partial charge on any atom is -0.310 e. The first-order chi connectivity index (χ1) is 5.92. The van der Waals surface area contributed by atoms with Crippen LogP contribution in [0.5, 0.6) is 0 Å². The van der Waals surface area contributed by atoms with Crippen LogP contribution in [0, 0.1) is 0 Å². The lowest BCUT2D eigenvalue weighted by Crippen LogP contribution is -2.34. The number of likely N-dealkylation sites (tertiary alicyclic amines) is 1. The molecule has 0 bridgehead atoms. The summed E-state index contributed by atoms with van der Waals surface area (Å²) in [7, 11) is 0. The summed E-state index contributed by atoms with van der Waals surface area (Å²) >= 11 is 0. The zero-order valence-electron chi connectivity index (χ0n) is 7.63. The maximum atomic E-state index is 3.72. The summed E-state index contributed by atoms with van der Waals surface area (Å²) in [6, 6.07) is 2.71. The molecule has 1 unspecified atom stereocenters. The van der Waals surface area contributed by atoms with Gasteiger partial charge in [0.2, 0.25) is 0 Å². The van der Waals surface area contributed by atoms with Crippen LogP contribution in [0.25, 0.3) is 0 Å². The normalized spacial score (nSPS) is 37.5. The van der Waals surface area contributed by atoms with Crippen LogP contribution in [0.15, 0.2) is 0 Å². The lowest BCUT2D eigenvalue weighted by Gasteiger charge is -2.15. The highest BCUT2D eigenvalue weighted by atomic mass is 15.2. The van der Waals surface area contributed by atoms with Crippen LogP contribution in [-0.2, 0) is 0 Å². The standard InChI is InChI=1S/C10H18N2/c1-2-8(1)11-9-5-6-12(7-9)10-3-4-10/h8-11H,1-7H2. The summed E-state index contributed by atoms with van der Waals surface area (Å²) in [5.74, 6) is 0. The molecule has 68 valence electrons. The molecule has 1 saturated heterocycles. The Hall–Kier alpha value is -0.0800. The van der Waals surface area contributed by atoms with Gasteiger partial charge in [0.05, 0.1) is 0 Å². The Bertz CT molecular complexity index is 173. The van der Waals surface area contributed by atoms with E-state index < -0.39 is 0 Å². The monoisotopic (exact) mass is 166 g/mol. The summed E-state index contributed by atoms with van der Waals surface area (Å²) in [6.45, 7) is 2.69. The predicted molar refractivity (Wildman–Crippen MR) is 49.2 cm³/mol. The molecule has 3 rings (SSSR count). The molecule has 0 aromatic heterocycles. The molecule has 1 aliphatic heterocycles. The van der Waals surface area contributed by atoms with Gasteiger partial charge in [-0.1, -0.05) is 0 Å². The smallest absolute Gasteiger partial charge is 0.0209 e. The summed E-state index contributed by atoms with van der Waals surface area (Å²) in [4.78, 5) is 2.68. The zero-order valence-corrected chi connectivity index (χ0v) is 7.63. The molecule has 0 radical (unpaired) electrons. The minimum atomic E-state index is 0.832. The molecule has 2 nitrogen and oxygen atoms in total. The van der Waals surface area contributed by atoms with Gasteiger partial charge in [0.25, 0.3) is 0 Å². The van der Waals surface area contributed by atoms with Gasteiger partial charge in [0.1, 0.15) is 0 Å². The summed E-state index contributed by atoms with van der Waals surface area (Å²) in [5.41, 5.74) is 0. The van der Waals surface area contributed by atoms with Crippen molar-refractivity contribution in [2.45, 2.75) is 50.2 Å². The molecule has 3 fully saturated rings. The first-order valence-corrected chi connectivity index (χ1v) is 5.42. The van der Waals surface area contributed by atoms with Crippen LogP contribution in [-0.4, -0.2) is 36.1 Å². The molecule has 1 heterocycles. The van der Waals surface area contributed by atoms with Gasteiger partial charge in [-0.25, -0.2) is 0 Å². The fourth-order valence-corrected chi connectivity index (χ4v) is 2.28. The van der Waals surface area contributed by atoms with E-state index >= 15 is 0 Å². The Kier molecular flexibility index (Phi) is 1.66. The van der Waals surface area contributed by atoms with Crippen molar-refractivity contribution in [3.63, 3.8) is 0 Å². The maximum absolute atomic E-state index is 3.72. The number of nitrogens with one attached hydrogen (secondary N) is 1. The van der Waals surface area contributed by atoms with Crippen LogP contribution in [0.2, 0.25) is 0 Å². The molecule has 2 saturated carbocycles. The molecule has 12 heavy (non-hydrogen) atoms. The predicted octanol–water partition coefficient (Wildman–Crippen LogP) is 0.975. The van der Waals surface area contributed by atoms with Gasteiger partial charge in [0.15, 0.2) is 0 Å². The highest BCUT2D eigenvalue weighted by Gasteiger charge is 2.35. The quantitative estimate of drug-likeness (QED) is 0.672. The largest absolute Gasteiger partial charge is 0.310 e. The highest BCUT2D eigenvalue weighted by molar-refractivity contribution is 4.94. The molecule has 1 atom stereocenters. The van der Waals surface area contributed by atoms with Crippen molar-refractivity contribution in [2.24, 2.45) is 0 Å². The zero-order chi connectivity index (χ0) is 7.97. The first kappa shape index (κ1) is 7.34. The SMILES string of the molecule is C1CC1NC1CCN(C2CC2)C1. The van der Waals surface area contributed by atoms with E-state index in [4.69, 9.17) is 0 Å². The van der Waals surface area contributed by atoms with Gasteiger partial charge in [-0.05, 0) is 32.1 Å². The second-order valence-corrected chi connectivity index (χ2v) is 4.65. The molecule has 0 spiro atoms. The molecule has 0 aromatic rings. The average molecular weight is 166 g/mol. The molecule has 3 aliphatic rings. The van der Waals surface area contributed by atoms with Crippen LogP contribution in [0.1, 0.15) is 32.1 Å². The lowest BCUT2D eigenvalue weighted by molar-refractivity contribution is 0.317.